The van der Waals surface area contributed by atoms with Crippen LogP contribution in [0, 0.1) is 0 Å². The Morgan fingerprint density at radius 2 is 2.07 bits per heavy atom. The van der Waals surface area contributed by atoms with E-state index in [1.165, 1.54) is 30.8 Å². The fraction of sp³-hybridized carbons (Fsp3) is 0.250. The zero-order chi connectivity index (χ0) is 10.8. The molecule has 6 heteroatoms. The number of nitrogens with zero attached hydrogens (tertiary/aromatic N) is 1. The second-order valence-corrected chi connectivity index (χ2v) is 5.56. The number of aromatic amines is 1. The summed E-state index contributed by atoms with van der Waals surface area (Å²) in [4.78, 5) is 24.3. The van der Waals surface area contributed by atoms with E-state index in [1.54, 1.807) is 0 Å². The van der Waals surface area contributed by atoms with Crippen molar-refractivity contribution in [1.29, 1.82) is 0 Å². The first-order valence-electron chi connectivity index (χ1n) is 3.79. The summed E-state index contributed by atoms with van der Waals surface area (Å²) in [5.74, 6) is -0.587. The quantitative estimate of drug-likeness (QED) is 0.727. The van der Waals surface area contributed by atoms with Crippen LogP contribution < -0.4 is 5.56 Å². The maximum atomic E-state index is 11.3. The van der Waals surface area contributed by atoms with Crippen LogP contribution in [0.2, 0.25) is 0 Å². The van der Waals surface area contributed by atoms with Crippen molar-refractivity contribution in [2.24, 2.45) is 4.36 Å². The first-order chi connectivity index (χ1) is 6.38. The molecule has 0 saturated carbocycles. The average molecular weight is 214 g/mol. The molecular formula is C8H10N2O3S. The number of hydrogen-bond acceptors (Lipinski definition) is 3. The largest absolute Gasteiger partial charge is 0.328 e. The van der Waals surface area contributed by atoms with Gasteiger partial charge in [-0.3, -0.25) is 9.59 Å². The van der Waals surface area contributed by atoms with Crippen LogP contribution in [-0.2, 0) is 9.73 Å². The number of nitrogens with one attached hydrogen (secondary N) is 1. The Labute approximate surface area is 81.3 Å². The van der Waals surface area contributed by atoms with Gasteiger partial charge in [0.2, 0.25) is 5.56 Å². The maximum absolute atomic E-state index is 11.3. The van der Waals surface area contributed by atoms with Gasteiger partial charge in [0.15, 0.2) is 0 Å². The molecule has 0 radical (unpaired) electrons. The second kappa shape index (κ2) is 3.75. The highest BCUT2D eigenvalue weighted by atomic mass is 32.2. The van der Waals surface area contributed by atoms with Crippen molar-refractivity contribution in [3.8, 4) is 0 Å². The highest BCUT2D eigenvalue weighted by Crippen LogP contribution is 1.98. The topological polar surface area (TPSA) is 79.4 Å². The zero-order valence-corrected chi connectivity index (χ0v) is 8.63. The molecule has 1 aromatic rings. The van der Waals surface area contributed by atoms with E-state index in [-0.39, 0.29) is 11.1 Å². The molecule has 1 amide bonds. The van der Waals surface area contributed by atoms with Crippen LogP contribution in [-0.4, -0.2) is 27.6 Å². The molecule has 0 unspecified atom stereocenters. The van der Waals surface area contributed by atoms with Crippen molar-refractivity contribution in [3.05, 3.63) is 34.2 Å². The zero-order valence-electron chi connectivity index (χ0n) is 7.81. The number of hydrogen-bond donors (Lipinski definition) is 1. The molecule has 0 saturated heterocycles. The third-order valence-electron chi connectivity index (χ3n) is 1.33. The molecule has 0 fully saturated rings. The monoisotopic (exact) mass is 214 g/mol. The Bertz CT molecular complexity index is 495. The molecule has 0 aromatic carbocycles. The van der Waals surface area contributed by atoms with Crippen LogP contribution in [0.25, 0.3) is 0 Å². The lowest BCUT2D eigenvalue weighted by molar-refractivity contribution is 0.100. The first kappa shape index (κ1) is 10.6. The average Bonchev–Trinajstić information content (AvgIpc) is 2.02. The number of amides is 1. The molecule has 0 aliphatic rings. The normalized spacial score (nSPS) is 11.0. The van der Waals surface area contributed by atoms with Gasteiger partial charge < -0.3 is 4.98 Å². The standard InChI is InChI=1S/C8H10N2O3S/c1-14(2,13)10-8(12)6-3-4-7(11)9-5-6/h3-5H,1-2H3,(H,9,11). The van der Waals surface area contributed by atoms with Gasteiger partial charge in [-0.2, -0.15) is 4.36 Å². The second-order valence-electron chi connectivity index (χ2n) is 3.02. The van der Waals surface area contributed by atoms with Crippen molar-refractivity contribution in [2.45, 2.75) is 0 Å². The van der Waals surface area contributed by atoms with Crippen molar-refractivity contribution in [2.75, 3.05) is 12.5 Å². The Balaban J connectivity index is 3.09. The lowest BCUT2D eigenvalue weighted by atomic mass is 10.3. The van der Waals surface area contributed by atoms with E-state index >= 15 is 0 Å². The van der Waals surface area contributed by atoms with Gasteiger partial charge >= 0.3 is 0 Å². The maximum Gasteiger partial charge on any atom is 0.286 e. The highest BCUT2D eigenvalue weighted by molar-refractivity contribution is 7.92. The minimum atomic E-state index is -2.45. The molecule has 0 aliphatic heterocycles. The number of H-pyrrole nitrogens is 1. The molecule has 1 N–H and O–H groups in total. The fourth-order valence-corrected chi connectivity index (χ4v) is 1.30. The van der Waals surface area contributed by atoms with Crippen molar-refractivity contribution >= 4 is 15.6 Å². The van der Waals surface area contributed by atoms with Gasteiger partial charge in [0.25, 0.3) is 5.91 Å². The van der Waals surface area contributed by atoms with E-state index in [0.717, 1.165) is 0 Å². The lowest BCUT2D eigenvalue weighted by Gasteiger charge is -1.95. The summed E-state index contributed by atoms with van der Waals surface area (Å²) in [6, 6.07) is 2.56. The molecule has 0 bridgehead atoms. The Morgan fingerprint density at radius 1 is 1.43 bits per heavy atom. The Kier molecular flexibility index (Phi) is 2.85. The SMILES string of the molecule is CS(C)(=O)=NC(=O)c1ccc(=O)[nH]c1. The number of aromatic nitrogens is 1. The molecule has 1 aromatic heterocycles. The van der Waals surface area contributed by atoms with E-state index in [0.29, 0.717) is 0 Å². The van der Waals surface area contributed by atoms with Gasteiger partial charge in [0.05, 0.1) is 5.56 Å². The van der Waals surface area contributed by atoms with Crippen molar-refractivity contribution in [1.82, 2.24) is 4.98 Å². The summed E-state index contributed by atoms with van der Waals surface area (Å²) < 4.78 is 14.7. The molecule has 0 aliphatic carbocycles. The molecule has 76 valence electrons. The molecule has 0 spiro atoms. The van der Waals surface area contributed by atoms with Crippen LogP contribution in [0.1, 0.15) is 10.4 Å². The van der Waals surface area contributed by atoms with E-state index < -0.39 is 15.6 Å². The van der Waals surface area contributed by atoms with Crippen LogP contribution in [0.4, 0.5) is 0 Å². The van der Waals surface area contributed by atoms with Gasteiger partial charge in [0.1, 0.15) is 0 Å². The van der Waals surface area contributed by atoms with Crippen LogP contribution >= 0.6 is 0 Å². The summed E-state index contributed by atoms with van der Waals surface area (Å²) >= 11 is 0. The molecule has 5 nitrogen and oxygen atoms in total. The molecular weight excluding hydrogens is 204 g/mol. The third kappa shape index (κ3) is 3.14. The number of carbonyl (C=O) groups excluding carboxylic acids is 1. The number of carbonyl (C=O) groups is 1. The Morgan fingerprint density at radius 3 is 2.50 bits per heavy atom. The van der Waals surface area contributed by atoms with E-state index in [9.17, 15) is 13.8 Å². The molecule has 0 atom stereocenters. The van der Waals surface area contributed by atoms with Crippen molar-refractivity contribution in [3.63, 3.8) is 0 Å². The van der Waals surface area contributed by atoms with Gasteiger partial charge in [-0.25, -0.2) is 4.21 Å². The predicted molar refractivity (Wildman–Crippen MR) is 53.8 cm³/mol. The number of pyridine rings is 1. The van der Waals surface area contributed by atoms with Gasteiger partial charge in [-0.05, 0) is 6.07 Å². The van der Waals surface area contributed by atoms with E-state index in [1.807, 2.05) is 0 Å². The van der Waals surface area contributed by atoms with Crippen LogP contribution in [0.3, 0.4) is 0 Å². The summed E-state index contributed by atoms with van der Waals surface area (Å²) in [5, 5.41) is 0. The minimum Gasteiger partial charge on any atom is -0.328 e. The minimum absolute atomic E-state index is 0.223. The van der Waals surface area contributed by atoms with Crippen LogP contribution in [0.5, 0.6) is 0 Å². The van der Waals surface area contributed by atoms with Crippen molar-refractivity contribution < 1.29 is 9.00 Å². The van der Waals surface area contributed by atoms with Gasteiger partial charge in [-0.1, -0.05) is 0 Å². The summed E-state index contributed by atoms with van der Waals surface area (Å²) in [6.07, 6.45) is 3.99. The molecule has 1 heterocycles. The van der Waals surface area contributed by atoms with Gasteiger partial charge in [-0.15, -0.1) is 0 Å². The Hall–Kier alpha value is -1.43. The van der Waals surface area contributed by atoms with Gasteiger partial charge in [0, 0.05) is 34.5 Å². The fourth-order valence-electron chi connectivity index (χ4n) is 0.796. The number of rotatable bonds is 1. The van der Waals surface area contributed by atoms with E-state index in [4.69, 9.17) is 0 Å². The lowest BCUT2D eigenvalue weighted by Crippen LogP contribution is -2.07. The third-order valence-corrected chi connectivity index (χ3v) is 1.94. The molecule has 1 rings (SSSR count). The smallest absolute Gasteiger partial charge is 0.286 e. The summed E-state index contributed by atoms with van der Waals surface area (Å²) in [6.45, 7) is 0. The first-order valence-corrected chi connectivity index (χ1v) is 6.12. The predicted octanol–water partition coefficient (Wildman–Crippen LogP) is 0.243. The van der Waals surface area contributed by atoms with Crippen LogP contribution in [0.15, 0.2) is 27.5 Å². The summed E-state index contributed by atoms with van der Waals surface area (Å²) in [5.41, 5.74) is -0.0729. The summed E-state index contributed by atoms with van der Waals surface area (Å²) in [7, 11) is -2.45. The highest BCUT2D eigenvalue weighted by Gasteiger charge is 2.05. The molecule has 14 heavy (non-hydrogen) atoms. The van der Waals surface area contributed by atoms with E-state index in [2.05, 4.69) is 9.35 Å².